The van der Waals surface area contributed by atoms with Crippen LogP contribution >= 0.6 is 11.6 Å². The van der Waals surface area contributed by atoms with Gasteiger partial charge >= 0.3 is 5.76 Å². The van der Waals surface area contributed by atoms with Crippen molar-refractivity contribution in [3.63, 3.8) is 0 Å². The largest absolute Gasteiger partial charge is 0.496 e. The number of nitrogens with one attached hydrogen (secondary N) is 1. The molecule has 1 aromatic heterocycles. The molecular formula is C9H7ClN2O3. The molecule has 2 aromatic rings. The Morgan fingerprint density at radius 2 is 2.33 bits per heavy atom. The van der Waals surface area contributed by atoms with E-state index >= 15 is 0 Å². The molecule has 78 valence electrons. The highest BCUT2D eigenvalue weighted by molar-refractivity contribution is 6.30. The van der Waals surface area contributed by atoms with E-state index in [0.29, 0.717) is 22.2 Å². The van der Waals surface area contributed by atoms with Crippen LogP contribution in [0.3, 0.4) is 0 Å². The molecule has 0 aliphatic rings. The summed E-state index contributed by atoms with van der Waals surface area (Å²) < 4.78 is 9.50. The van der Waals surface area contributed by atoms with Crippen LogP contribution < -0.4 is 10.5 Å². The molecule has 0 unspecified atom stereocenters. The maximum Gasteiger partial charge on any atom is 0.439 e. The van der Waals surface area contributed by atoms with E-state index in [9.17, 15) is 4.79 Å². The van der Waals surface area contributed by atoms with Crippen LogP contribution in [0.25, 0.3) is 11.4 Å². The molecule has 1 aromatic carbocycles. The van der Waals surface area contributed by atoms with E-state index in [2.05, 4.69) is 14.7 Å². The highest BCUT2D eigenvalue weighted by Gasteiger charge is 2.10. The van der Waals surface area contributed by atoms with Crippen molar-refractivity contribution in [3.8, 4) is 17.1 Å². The maximum absolute atomic E-state index is 10.8. The average molecular weight is 227 g/mol. The standard InChI is InChI=1S/C9H7ClN2O3/c1-14-7-4-5(10)2-3-6(7)8-11-9(13)15-12-8/h2-4H,1H3,(H,11,12,13). The van der Waals surface area contributed by atoms with Gasteiger partial charge in [-0.1, -0.05) is 16.8 Å². The summed E-state index contributed by atoms with van der Waals surface area (Å²) in [4.78, 5) is 13.2. The number of hydrogen-bond donors (Lipinski definition) is 1. The normalized spacial score (nSPS) is 10.3. The first-order valence-corrected chi connectivity index (χ1v) is 4.48. The molecular weight excluding hydrogens is 220 g/mol. The number of nitrogens with zero attached hydrogens (tertiary/aromatic N) is 1. The van der Waals surface area contributed by atoms with E-state index in [1.807, 2.05) is 0 Å². The zero-order chi connectivity index (χ0) is 10.8. The van der Waals surface area contributed by atoms with Gasteiger partial charge in [0.2, 0.25) is 0 Å². The second kappa shape index (κ2) is 3.78. The third kappa shape index (κ3) is 1.87. The van der Waals surface area contributed by atoms with Crippen molar-refractivity contribution in [2.75, 3.05) is 7.11 Å². The summed E-state index contributed by atoms with van der Waals surface area (Å²) in [5.41, 5.74) is 0.618. The van der Waals surface area contributed by atoms with Crippen molar-refractivity contribution in [2.24, 2.45) is 0 Å². The fourth-order valence-corrected chi connectivity index (χ4v) is 1.37. The van der Waals surface area contributed by atoms with Gasteiger partial charge in [0.25, 0.3) is 0 Å². The molecule has 6 heteroatoms. The highest BCUT2D eigenvalue weighted by atomic mass is 35.5. The minimum atomic E-state index is -0.609. The first-order valence-electron chi connectivity index (χ1n) is 4.10. The molecule has 1 N–H and O–H groups in total. The number of aromatic amines is 1. The van der Waals surface area contributed by atoms with Crippen molar-refractivity contribution in [1.29, 1.82) is 0 Å². The van der Waals surface area contributed by atoms with Gasteiger partial charge in [-0.15, -0.1) is 0 Å². The monoisotopic (exact) mass is 226 g/mol. The molecule has 0 aliphatic heterocycles. The van der Waals surface area contributed by atoms with Crippen molar-refractivity contribution in [1.82, 2.24) is 10.1 Å². The van der Waals surface area contributed by atoms with Gasteiger partial charge in [-0.3, -0.25) is 9.51 Å². The topological polar surface area (TPSA) is 68.1 Å². The van der Waals surface area contributed by atoms with Gasteiger partial charge in [-0.2, -0.15) is 0 Å². The lowest BCUT2D eigenvalue weighted by molar-refractivity contribution is 0.386. The first-order chi connectivity index (χ1) is 7.20. The smallest absolute Gasteiger partial charge is 0.439 e. The summed E-state index contributed by atoms with van der Waals surface area (Å²) in [6.45, 7) is 0. The first kappa shape index (κ1) is 9.79. The van der Waals surface area contributed by atoms with Crippen LogP contribution in [0.15, 0.2) is 27.5 Å². The molecule has 0 bridgehead atoms. The molecule has 0 atom stereocenters. The second-order valence-electron chi connectivity index (χ2n) is 2.79. The summed E-state index contributed by atoms with van der Waals surface area (Å²) in [5.74, 6) is 0.225. The van der Waals surface area contributed by atoms with E-state index < -0.39 is 5.76 Å². The van der Waals surface area contributed by atoms with Crippen molar-refractivity contribution in [2.45, 2.75) is 0 Å². The zero-order valence-electron chi connectivity index (χ0n) is 7.78. The van der Waals surface area contributed by atoms with Crippen LogP contribution in [0.2, 0.25) is 5.02 Å². The van der Waals surface area contributed by atoms with E-state index in [-0.39, 0.29) is 0 Å². The van der Waals surface area contributed by atoms with E-state index in [0.717, 1.165) is 0 Å². The summed E-state index contributed by atoms with van der Waals surface area (Å²) in [7, 11) is 1.51. The molecule has 0 saturated heterocycles. The SMILES string of the molecule is COc1cc(Cl)ccc1-c1noc(=O)[nH]1. The van der Waals surface area contributed by atoms with Crippen LogP contribution in [0, 0.1) is 0 Å². The Labute approximate surface area is 89.6 Å². The van der Waals surface area contributed by atoms with Gasteiger partial charge in [0.15, 0.2) is 5.82 Å². The Morgan fingerprint density at radius 1 is 1.53 bits per heavy atom. The number of halogens is 1. The van der Waals surface area contributed by atoms with E-state index in [4.69, 9.17) is 16.3 Å². The van der Waals surface area contributed by atoms with Crippen molar-refractivity contribution < 1.29 is 9.26 Å². The Kier molecular flexibility index (Phi) is 2.47. The summed E-state index contributed by atoms with van der Waals surface area (Å²) >= 11 is 5.79. The molecule has 0 fully saturated rings. The molecule has 0 amide bonds. The van der Waals surface area contributed by atoms with Crippen LogP contribution in [-0.2, 0) is 0 Å². The lowest BCUT2D eigenvalue weighted by atomic mass is 10.2. The van der Waals surface area contributed by atoms with Crippen LogP contribution in [0.1, 0.15) is 0 Å². The number of aromatic nitrogens is 2. The Morgan fingerprint density at radius 3 is 2.93 bits per heavy atom. The fourth-order valence-electron chi connectivity index (χ4n) is 1.21. The van der Waals surface area contributed by atoms with Gasteiger partial charge in [-0.25, -0.2) is 4.79 Å². The Bertz CT molecular complexity index is 532. The van der Waals surface area contributed by atoms with Crippen LogP contribution in [0.4, 0.5) is 0 Å². The molecule has 5 nitrogen and oxygen atoms in total. The maximum atomic E-state index is 10.8. The molecule has 0 spiro atoms. The number of methoxy groups -OCH3 is 1. The lowest BCUT2D eigenvalue weighted by Gasteiger charge is -2.04. The minimum Gasteiger partial charge on any atom is -0.496 e. The van der Waals surface area contributed by atoms with Crippen LogP contribution in [-0.4, -0.2) is 17.3 Å². The van der Waals surface area contributed by atoms with Crippen molar-refractivity contribution >= 4 is 11.6 Å². The highest BCUT2D eigenvalue weighted by Crippen LogP contribution is 2.29. The van der Waals surface area contributed by atoms with E-state index in [1.54, 1.807) is 18.2 Å². The van der Waals surface area contributed by atoms with Gasteiger partial charge in [0.1, 0.15) is 5.75 Å². The van der Waals surface area contributed by atoms with Crippen molar-refractivity contribution in [3.05, 3.63) is 33.8 Å². The van der Waals surface area contributed by atoms with E-state index in [1.165, 1.54) is 7.11 Å². The third-order valence-corrected chi connectivity index (χ3v) is 2.09. The number of rotatable bonds is 2. The van der Waals surface area contributed by atoms with Gasteiger partial charge in [0.05, 0.1) is 12.7 Å². The molecule has 0 radical (unpaired) electrons. The predicted octanol–water partition coefficient (Wildman–Crippen LogP) is 1.69. The summed E-state index contributed by atoms with van der Waals surface area (Å²) in [6, 6.07) is 4.99. The molecule has 1 heterocycles. The second-order valence-corrected chi connectivity index (χ2v) is 3.22. The fraction of sp³-hybridized carbons (Fsp3) is 0.111. The van der Waals surface area contributed by atoms with Crippen LogP contribution in [0.5, 0.6) is 5.75 Å². The summed E-state index contributed by atoms with van der Waals surface area (Å²) in [6.07, 6.45) is 0. The number of ether oxygens (including phenoxy) is 1. The van der Waals surface area contributed by atoms with Gasteiger partial charge in [0, 0.05) is 5.02 Å². The number of hydrogen-bond acceptors (Lipinski definition) is 4. The molecule has 0 aliphatic carbocycles. The lowest BCUT2D eigenvalue weighted by Crippen LogP contribution is -1.95. The minimum absolute atomic E-state index is 0.313. The Balaban J connectivity index is 2.57. The molecule has 15 heavy (non-hydrogen) atoms. The zero-order valence-corrected chi connectivity index (χ0v) is 8.54. The number of H-pyrrole nitrogens is 1. The molecule has 2 rings (SSSR count). The average Bonchev–Trinajstić information content (AvgIpc) is 2.64. The quantitative estimate of drug-likeness (QED) is 0.846. The predicted molar refractivity (Wildman–Crippen MR) is 54.1 cm³/mol. The Hall–Kier alpha value is -1.75. The molecule has 0 saturated carbocycles. The number of benzene rings is 1. The van der Waals surface area contributed by atoms with Gasteiger partial charge < -0.3 is 4.74 Å². The van der Waals surface area contributed by atoms with Gasteiger partial charge in [-0.05, 0) is 18.2 Å². The summed E-state index contributed by atoms with van der Waals surface area (Å²) in [5, 5.41) is 4.10. The third-order valence-electron chi connectivity index (χ3n) is 1.86.